The van der Waals surface area contributed by atoms with E-state index in [1.54, 1.807) is 24.3 Å². The number of hydrogen-bond donors (Lipinski definition) is 0. The molecule has 0 aliphatic rings. The first-order valence-corrected chi connectivity index (χ1v) is 8.05. The van der Waals surface area contributed by atoms with Crippen LogP contribution in [0.3, 0.4) is 0 Å². The van der Waals surface area contributed by atoms with E-state index in [1.807, 2.05) is 6.07 Å². The van der Waals surface area contributed by atoms with Crippen molar-refractivity contribution in [2.75, 3.05) is 27.2 Å². The molecular weight excluding hydrogens is 361 g/mol. The Kier molecular flexibility index (Phi) is 6.44. The van der Waals surface area contributed by atoms with Gasteiger partial charge in [0.25, 0.3) is 5.91 Å². The standard InChI is InChI=1S/C19H19F3N2O3/c1-23(2)17(25)12-24(13-19(20,21)22)18(26)14-8-10-16(11-9-14)27-15-6-4-3-5-7-15/h3-11H,12-13H2,1-2H3. The summed E-state index contributed by atoms with van der Waals surface area (Å²) in [5.41, 5.74) is 0.0335. The van der Waals surface area contributed by atoms with E-state index in [1.165, 1.54) is 38.4 Å². The molecule has 0 atom stereocenters. The molecule has 2 aromatic rings. The number of benzene rings is 2. The Bertz CT molecular complexity index is 775. The van der Waals surface area contributed by atoms with Crippen LogP contribution in [0.4, 0.5) is 13.2 Å². The normalized spacial score (nSPS) is 11.0. The van der Waals surface area contributed by atoms with Crippen LogP contribution in [0.25, 0.3) is 0 Å². The van der Waals surface area contributed by atoms with Crippen LogP contribution in [0.2, 0.25) is 0 Å². The highest BCUT2D eigenvalue weighted by Gasteiger charge is 2.34. The van der Waals surface area contributed by atoms with Gasteiger partial charge >= 0.3 is 6.18 Å². The molecule has 2 amide bonds. The second-order valence-electron chi connectivity index (χ2n) is 6.00. The van der Waals surface area contributed by atoms with Crippen molar-refractivity contribution in [3.63, 3.8) is 0 Å². The molecule has 0 fully saturated rings. The summed E-state index contributed by atoms with van der Waals surface area (Å²) >= 11 is 0. The molecule has 0 unspecified atom stereocenters. The van der Waals surface area contributed by atoms with Gasteiger partial charge in [0.05, 0.1) is 0 Å². The van der Waals surface area contributed by atoms with E-state index in [0.29, 0.717) is 16.4 Å². The Morgan fingerprint density at radius 1 is 0.926 bits per heavy atom. The van der Waals surface area contributed by atoms with Crippen LogP contribution in [0.1, 0.15) is 10.4 Å². The molecule has 5 nitrogen and oxygen atoms in total. The van der Waals surface area contributed by atoms with E-state index in [2.05, 4.69) is 0 Å². The van der Waals surface area contributed by atoms with Gasteiger partial charge in [0.2, 0.25) is 5.91 Å². The van der Waals surface area contributed by atoms with Crippen LogP contribution in [0.15, 0.2) is 54.6 Å². The predicted octanol–water partition coefficient (Wildman–Crippen LogP) is 3.57. The Hall–Kier alpha value is -3.03. The molecule has 2 rings (SSSR count). The second-order valence-corrected chi connectivity index (χ2v) is 6.00. The number of para-hydroxylation sites is 1. The average Bonchev–Trinajstić information content (AvgIpc) is 2.61. The van der Waals surface area contributed by atoms with E-state index in [9.17, 15) is 22.8 Å². The van der Waals surface area contributed by atoms with Crippen LogP contribution in [0.5, 0.6) is 11.5 Å². The average molecular weight is 380 g/mol. The molecule has 0 saturated carbocycles. The first kappa shape index (κ1) is 20.3. The molecule has 8 heteroatoms. The van der Waals surface area contributed by atoms with Gasteiger partial charge in [-0.3, -0.25) is 9.59 Å². The summed E-state index contributed by atoms with van der Waals surface area (Å²) < 4.78 is 44.0. The maximum Gasteiger partial charge on any atom is 0.406 e. The van der Waals surface area contributed by atoms with Crippen LogP contribution in [-0.2, 0) is 4.79 Å². The number of amides is 2. The first-order chi connectivity index (χ1) is 12.7. The minimum atomic E-state index is -4.61. The van der Waals surface area contributed by atoms with Gasteiger partial charge in [-0.2, -0.15) is 13.2 Å². The maximum atomic E-state index is 12.8. The van der Waals surface area contributed by atoms with Crippen LogP contribution in [-0.4, -0.2) is 55.0 Å². The highest BCUT2D eigenvalue weighted by atomic mass is 19.4. The van der Waals surface area contributed by atoms with E-state index in [0.717, 1.165) is 4.90 Å². The first-order valence-electron chi connectivity index (χ1n) is 8.05. The van der Waals surface area contributed by atoms with Crippen LogP contribution >= 0.6 is 0 Å². The number of hydrogen-bond acceptors (Lipinski definition) is 3. The molecule has 2 aromatic carbocycles. The molecular formula is C19H19F3N2O3. The highest BCUT2D eigenvalue weighted by Crippen LogP contribution is 2.23. The number of likely N-dealkylation sites (N-methyl/N-ethyl adjacent to an activating group) is 1. The topological polar surface area (TPSA) is 49.9 Å². The second kappa shape index (κ2) is 8.57. The van der Waals surface area contributed by atoms with Crippen molar-refractivity contribution in [1.29, 1.82) is 0 Å². The summed E-state index contributed by atoms with van der Waals surface area (Å²) in [5, 5.41) is 0. The Labute approximate surface area is 154 Å². The molecule has 0 spiro atoms. The van der Waals surface area contributed by atoms with Crippen molar-refractivity contribution < 1.29 is 27.5 Å². The number of halogens is 3. The lowest BCUT2D eigenvalue weighted by atomic mass is 10.2. The summed E-state index contributed by atoms with van der Waals surface area (Å²) in [6.45, 7) is -2.17. The third-order valence-electron chi connectivity index (χ3n) is 3.56. The quantitative estimate of drug-likeness (QED) is 0.770. The van der Waals surface area contributed by atoms with Crippen LogP contribution < -0.4 is 4.74 Å². The van der Waals surface area contributed by atoms with Gasteiger partial charge in [-0.05, 0) is 36.4 Å². The molecule has 0 N–H and O–H groups in total. The molecule has 0 aliphatic carbocycles. The van der Waals surface area contributed by atoms with E-state index >= 15 is 0 Å². The number of rotatable bonds is 6. The van der Waals surface area contributed by atoms with Crippen molar-refractivity contribution in [1.82, 2.24) is 9.80 Å². The number of alkyl halides is 3. The molecule has 0 saturated heterocycles. The largest absolute Gasteiger partial charge is 0.457 e. The zero-order chi connectivity index (χ0) is 20.0. The number of carbonyl (C=O) groups is 2. The summed E-state index contributed by atoms with van der Waals surface area (Å²) in [4.78, 5) is 25.9. The van der Waals surface area contributed by atoms with Gasteiger partial charge in [-0.15, -0.1) is 0 Å². The fourth-order valence-electron chi connectivity index (χ4n) is 2.19. The third-order valence-corrected chi connectivity index (χ3v) is 3.56. The summed E-state index contributed by atoms with van der Waals surface area (Å²) in [5.74, 6) is -0.457. The molecule has 0 aromatic heterocycles. The molecule has 0 bridgehead atoms. The minimum Gasteiger partial charge on any atom is -0.457 e. The minimum absolute atomic E-state index is 0.0335. The Balaban J connectivity index is 2.14. The number of carbonyl (C=O) groups excluding carboxylic acids is 2. The van der Waals surface area contributed by atoms with Crippen molar-refractivity contribution >= 4 is 11.8 Å². The fourth-order valence-corrected chi connectivity index (χ4v) is 2.19. The van der Waals surface area contributed by atoms with Crippen molar-refractivity contribution in [2.45, 2.75) is 6.18 Å². The van der Waals surface area contributed by atoms with Crippen molar-refractivity contribution in [3.8, 4) is 11.5 Å². The third kappa shape index (κ3) is 6.32. The smallest absolute Gasteiger partial charge is 0.406 e. The van der Waals surface area contributed by atoms with Gasteiger partial charge in [0.1, 0.15) is 24.6 Å². The lowest BCUT2D eigenvalue weighted by molar-refractivity contribution is -0.146. The summed E-state index contributed by atoms with van der Waals surface area (Å²) in [6.07, 6.45) is -4.61. The van der Waals surface area contributed by atoms with Gasteiger partial charge < -0.3 is 14.5 Å². The number of ether oxygens (including phenoxy) is 1. The predicted molar refractivity (Wildman–Crippen MR) is 93.6 cm³/mol. The molecule has 0 heterocycles. The van der Waals surface area contributed by atoms with E-state index in [-0.39, 0.29) is 5.56 Å². The molecule has 0 aliphatic heterocycles. The Morgan fingerprint density at radius 2 is 1.48 bits per heavy atom. The van der Waals surface area contributed by atoms with E-state index in [4.69, 9.17) is 4.74 Å². The van der Waals surface area contributed by atoms with Crippen molar-refractivity contribution in [2.24, 2.45) is 0 Å². The SMILES string of the molecule is CN(C)C(=O)CN(CC(F)(F)F)C(=O)c1ccc(Oc2ccccc2)cc1. The Morgan fingerprint density at radius 3 is 2.00 bits per heavy atom. The number of nitrogens with zero attached hydrogens (tertiary/aromatic N) is 2. The molecule has 27 heavy (non-hydrogen) atoms. The lowest BCUT2D eigenvalue weighted by Crippen LogP contribution is -2.44. The highest BCUT2D eigenvalue weighted by molar-refractivity contribution is 5.96. The summed E-state index contributed by atoms with van der Waals surface area (Å²) in [7, 11) is 2.82. The fraction of sp³-hybridized carbons (Fsp3) is 0.263. The monoisotopic (exact) mass is 380 g/mol. The van der Waals surface area contributed by atoms with Gasteiger partial charge in [0.15, 0.2) is 0 Å². The van der Waals surface area contributed by atoms with E-state index < -0.39 is 31.1 Å². The zero-order valence-electron chi connectivity index (χ0n) is 14.9. The zero-order valence-corrected chi connectivity index (χ0v) is 14.9. The molecule has 144 valence electrons. The summed E-state index contributed by atoms with van der Waals surface area (Å²) in [6, 6.07) is 14.6. The van der Waals surface area contributed by atoms with Gasteiger partial charge in [0, 0.05) is 19.7 Å². The molecule has 0 radical (unpaired) electrons. The lowest BCUT2D eigenvalue weighted by Gasteiger charge is -2.25. The van der Waals surface area contributed by atoms with Crippen molar-refractivity contribution in [3.05, 3.63) is 60.2 Å². The maximum absolute atomic E-state index is 12.8. The van der Waals surface area contributed by atoms with Gasteiger partial charge in [-0.25, -0.2) is 0 Å². The van der Waals surface area contributed by atoms with Crippen LogP contribution in [0, 0.1) is 0 Å². The van der Waals surface area contributed by atoms with Gasteiger partial charge in [-0.1, -0.05) is 18.2 Å².